The molecule has 0 aromatic carbocycles. The van der Waals surface area contributed by atoms with Crippen LogP contribution in [0.2, 0.25) is 0 Å². The van der Waals surface area contributed by atoms with Crippen LogP contribution in [-0.4, -0.2) is 74.3 Å². The zero-order valence-electron chi connectivity index (χ0n) is 11.5. The Bertz CT molecular complexity index is 246. The summed E-state index contributed by atoms with van der Waals surface area (Å²) in [4.78, 5) is 17.7. The van der Waals surface area contributed by atoms with Crippen molar-refractivity contribution in [1.29, 1.82) is 0 Å². The van der Waals surface area contributed by atoms with E-state index >= 15 is 0 Å². The molecule has 0 spiro atoms. The van der Waals surface area contributed by atoms with E-state index in [1.54, 1.807) is 0 Å². The quantitative estimate of drug-likeness (QED) is 0.626. The van der Waals surface area contributed by atoms with Crippen LogP contribution in [0.3, 0.4) is 0 Å². The smallest absolute Gasteiger partial charge is 0.410 e. The van der Waals surface area contributed by atoms with Crippen LogP contribution in [0.1, 0.15) is 19.8 Å². The second-order valence-electron chi connectivity index (χ2n) is 5.07. The third kappa shape index (κ3) is 4.91. The minimum atomic E-state index is -0.151. The first-order valence-electron chi connectivity index (χ1n) is 6.31. The number of unbranched alkanes of at least 4 members (excludes halogenated alkanes) is 1. The van der Waals surface area contributed by atoms with E-state index < -0.39 is 0 Å². The first-order valence-corrected chi connectivity index (χ1v) is 6.31. The van der Waals surface area contributed by atoms with Crippen LogP contribution in [0.4, 0.5) is 4.79 Å². The van der Waals surface area contributed by atoms with Gasteiger partial charge in [-0.25, -0.2) is 4.79 Å². The van der Waals surface area contributed by atoms with E-state index in [1.807, 2.05) is 26.0 Å². The second-order valence-corrected chi connectivity index (χ2v) is 5.07. The molecule has 0 N–H and O–H groups in total. The van der Waals surface area contributed by atoms with Gasteiger partial charge in [0.2, 0.25) is 0 Å². The average Bonchev–Trinajstić information content (AvgIpc) is 2.54. The zero-order chi connectivity index (χ0) is 12.8. The Balaban J connectivity index is 2.30. The Kier molecular flexibility index (Phi) is 5.71. The number of nitrogens with zero attached hydrogens (tertiary/aromatic N) is 3. The molecule has 1 saturated heterocycles. The molecule has 0 bridgehead atoms. The van der Waals surface area contributed by atoms with Gasteiger partial charge in [-0.05, 0) is 27.6 Å². The maximum absolute atomic E-state index is 11.6. The number of rotatable bonds is 7. The number of likely N-dealkylation sites (N-methyl/N-ethyl adjacent to an activating group) is 1. The van der Waals surface area contributed by atoms with Crippen molar-refractivity contribution in [3.05, 3.63) is 0 Å². The maximum atomic E-state index is 11.6. The van der Waals surface area contributed by atoms with Crippen molar-refractivity contribution in [2.75, 3.05) is 47.4 Å². The third-order valence-corrected chi connectivity index (χ3v) is 2.77. The van der Waals surface area contributed by atoms with Gasteiger partial charge >= 0.3 is 6.09 Å². The lowest BCUT2D eigenvalue weighted by molar-refractivity contribution is 0.0996. The standard InChI is InChI=1S/C12H25N3O2/c1-5-6-7-15-9-11(17-12(15)16)8-14(4)10-13(2)3/h11H,5-10H2,1-4H3/t11-/m1/s1. The van der Waals surface area contributed by atoms with Gasteiger partial charge in [0.05, 0.1) is 6.54 Å². The zero-order valence-corrected chi connectivity index (χ0v) is 11.5. The second kappa shape index (κ2) is 6.81. The molecular weight excluding hydrogens is 218 g/mol. The van der Waals surface area contributed by atoms with Gasteiger partial charge in [-0.15, -0.1) is 0 Å². The monoisotopic (exact) mass is 243 g/mol. The predicted molar refractivity (Wildman–Crippen MR) is 67.9 cm³/mol. The molecule has 0 unspecified atom stereocenters. The van der Waals surface area contributed by atoms with Gasteiger partial charge in [-0.2, -0.15) is 0 Å². The van der Waals surface area contributed by atoms with Crippen molar-refractivity contribution < 1.29 is 9.53 Å². The van der Waals surface area contributed by atoms with E-state index in [0.29, 0.717) is 0 Å². The van der Waals surface area contributed by atoms with Gasteiger partial charge in [0.1, 0.15) is 6.10 Å². The van der Waals surface area contributed by atoms with Crippen LogP contribution in [0.15, 0.2) is 0 Å². The maximum Gasteiger partial charge on any atom is 0.410 e. The van der Waals surface area contributed by atoms with Crippen molar-refractivity contribution in [2.24, 2.45) is 0 Å². The molecule has 1 fully saturated rings. The van der Waals surface area contributed by atoms with Crippen LogP contribution in [0, 0.1) is 0 Å². The van der Waals surface area contributed by atoms with E-state index in [-0.39, 0.29) is 12.2 Å². The normalized spacial score (nSPS) is 20.5. The van der Waals surface area contributed by atoms with Gasteiger partial charge in [0, 0.05) is 19.8 Å². The van der Waals surface area contributed by atoms with E-state index in [9.17, 15) is 4.79 Å². The molecule has 1 rings (SSSR count). The van der Waals surface area contributed by atoms with Crippen LogP contribution in [-0.2, 0) is 4.74 Å². The third-order valence-electron chi connectivity index (χ3n) is 2.77. The molecule has 1 aliphatic rings. The molecule has 5 heteroatoms. The summed E-state index contributed by atoms with van der Waals surface area (Å²) in [5, 5.41) is 0. The lowest BCUT2D eigenvalue weighted by Gasteiger charge is -2.23. The Morgan fingerprint density at radius 3 is 2.71 bits per heavy atom. The first kappa shape index (κ1) is 14.3. The SMILES string of the molecule is CCCCN1C[C@@H](CN(C)CN(C)C)OC1=O. The lowest BCUT2D eigenvalue weighted by atomic mass is 10.3. The fourth-order valence-electron chi connectivity index (χ4n) is 2.09. The minimum absolute atomic E-state index is 0.0179. The van der Waals surface area contributed by atoms with E-state index in [2.05, 4.69) is 16.7 Å². The number of ether oxygens (including phenoxy) is 1. The van der Waals surface area contributed by atoms with Crippen molar-refractivity contribution in [1.82, 2.24) is 14.7 Å². The van der Waals surface area contributed by atoms with Gasteiger partial charge < -0.3 is 9.64 Å². The van der Waals surface area contributed by atoms with Crippen molar-refractivity contribution >= 4 is 6.09 Å². The summed E-state index contributed by atoms with van der Waals surface area (Å²) < 4.78 is 5.35. The Morgan fingerprint density at radius 1 is 1.41 bits per heavy atom. The Hall–Kier alpha value is -0.810. The lowest BCUT2D eigenvalue weighted by Crippen LogP contribution is -2.37. The van der Waals surface area contributed by atoms with E-state index in [0.717, 1.165) is 39.1 Å². The van der Waals surface area contributed by atoms with Gasteiger partial charge in [0.25, 0.3) is 0 Å². The number of carbonyl (C=O) groups excluding carboxylic acids is 1. The summed E-state index contributed by atoms with van der Waals surface area (Å²) in [7, 11) is 6.11. The fraction of sp³-hybridized carbons (Fsp3) is 0.917. The molecule has 0 aliphatic carbocycles. The van der Waals surface area contributed by atoms with Crippen LogP contribution < -0.4 is 0 Å². The predicted octanol–water partition coefficient (Wildman–Crippen LogP) is 1.06. The fourth-order valence-corrected chi connectivity index (χ4v) is 2.09. The molecule has 0 aromatic rings. The summed E-state index contributed by atoms with van der Waals surface area (Å²) in [6.45, 7) is 5.36. The number of hydrogen-bond acceptors (Lipinski definition) is 4. The summed E-state index contributed by atoms with van der Waals surface area (Å²) >= 11 is 0. The Morgan fingerprint density at radius 2 is 2.12 bits per heavy atom. The summed E-state index contributed by atoms with van der Waals surface area (Å²) in [5.74, 6) is 0. The molecule has 1 atom stereocenters. The number of cyclic esters (lactones) is 1. The van der Waals surface area contributed by atoms with Crippen molar-refractivity contribution in [3.8, 4) is 0 Å². The van der Waals surface area contributed by atoms with Crippen LogP contribution >= 0.6 is 0 Å². The molecule has 1 aliphatic heterocycles. The highest BCUT2D eigenvalue weighted by molar-refractivity contribution is 5.69. The van der Waals surface area contributed by atoms with E-state index in [1.165, 1.54) is 0 Å². The molecule has 0 radical (unpaired) electrons. The van der Waals surface area contributed by atoms with Gasteiger partial charge in [-0.1, -0.05) is 13.3 Å². The van der Waals surface area contributed by atoms with Crippen LogP contribution in [0.5, 0.6) is 0 Å². The molecular formula is C12H25N3O2. The molecule has 0 aromatic heterocycles. The van der Waals surface area contributed by atoms with Crippen molar-refractivity contribution in [2.45, 2.75) is 25.9 Å². The Labute approximate surface area is 104 Å². The molecule has 100 valence electrons. The number of amides is 1. The molecule has 1 amide bonds. The summed E-state index contributed by atoms with van der Waals surface area (Å²) in [6.07, 6.45) is 2.02. The first-order chi connectivity index (χ1) is 8.02. The molecule has 1 heterocycles. The largest absolute Gasteiger partial charge is 0.443 e. The topological polar surface area (TPSA) is 36.0 Å². The number of carbonyl (C=O) groups is 1. The van der Waals surface area contributed by atoms with E-state index in [4.69, 9.17) is 4.74 Å². The van der Waals surface area contributed by atoms with Gasteiger partial charge in [0.15, 0.2) is 0 Å². The summed E-state index contributed by atoms with van der Waals surface area (Å²) in [6, 6.07) is 0. The highest BCUT2D eigenvalue weighted by Crippen LogP contribution is 2.12. The number of hydrogen-bond donors (Lipinski definition) is 0. The summed E-state index contributed by atoms with van der Waals surface area (Å²) in [5.41, 5.74) is 0. The highest BCUT2D eigenvalue weighted by atomic mass is 16.6. The molecule has 0 saturated carbocycles. The average molecular weight is 243 g/mol. The molecule has 5 nitrogen and oxygen atoms in total. The highest BCUT2D eigenvalue weighted by Gasteiger charge is 2.31. The molecule has 17 heavy (non-hydrogen) atoms. The van der Waals surface area contributed by atoms with Crippen molar-refractivity contribution in [3.63, 3.8) is 0 Å². The van der Waals surface area contributed by atoms with Crippen LogP contribution in [0.25, 0.3) is 0 Å². The minimum Gasteiger partial charge on any atom is -0.443 e. The van der Waals surface area contributed by atoms with Gasteiger partial charge in [-0.3, -0.25) is 9.80 Å².